The van der Waals surface area contributed by atoms with Crippen molar-refractivity contribution in [3.63, 3.8) is 0 Å². The third-order valence-corrected chi connectivity index (χ3v) is 10.5. The molecule has 0 aliphatic heterocycles. The summed E-state index contributed by atoms with van der Waals surface area (Å²) in [7, 11) is 0. The lowest BCUT2D eigenvalue weighted by molar-refractivity contribution is -0.757. The van der Waals surface area contributed by atoms with Gasteiger partial charge in [-0.2, -0.15) is 0 Å². The van der Waals surface area contributed by atoms with Crippen LogP contribution in [0.15, 0.2) is 11.6 Å². The molecule has 0 bridgehead atoms. The number of unbranched alkanes of at least 4 members (excludes halogenated alkanes) is 2. The molecule has 4 aliphatic rings. The molecule has 3 saturated carbocycles. The third kappa shape index (κ3) is 6.04. The topological polar surface area (TPSA) is 182 Å². The lowest BCUT2D eigenvalue weighted by Crippen LogP contribution is -2.62. The Morgan fingerprint density at radius 2 is 1.90 bits per heavy atom. The van der Waals surface area contributed by atoms with Crippen LogP contribution in [-0.2, 0) is 28.8 Å². The molecule has 0 heterocycles. The number of aliphatic hydroxyl groups is 2. The second kappa shape index (κ2) is 12.2. The number of allylic oxidation sites excluding steroid dienone is 1. The van der Waals surface area contributed by atoms with Crippen molar-refractivity contribution >= 4 is 23.4 Å². The van der Waals surface area contributed by atoms with Crippen molar-refractivity contribution in [3.05, 3.63) is 21.8 Å². The zero-order chi connectivity index (χ0) is 30.0. The van der Waals surface area contributed by atoms with Crippen LogP contribution in [0.1, 0.15) is 84.5 Å². The summed E-state index contributed by atoms with van der Waals surface area (Å²) in [6, 6.07) is 0. The van der Waals surface area contributed by atoms with Gasteiger partial charge in [0.15, 0.2) is 12.4 Å². The number of ether oxygens (including phenoxy) is 1. The Morgan fingerprint density at radius 3 is 2.63 bits per heavy atom. The summed E-state index contributed by atoms with van der Waals surface area (Å²) >= 11 is 0. The first-order chi connectivity index (χ1) is 19.3. The Balaban J connectivity index is 1.28. The number of hydrogen-bond donors (Lipinski definition) is 3. The van der Waals surface area contributed by atoms with E-state index in [4.69, 9.17) is 4.74 Å². The molecular formula is C29H42N2O10. The van der Waals surface area contributed by atoms with Crippen LogP contribution in [0.4, 0.5) is 0 Å². The molecule has 0 spiro atoms. The molecule has 4 aliphatic carbocycles. The summed E-state index contributed by atoms with van der Waals surface area (Å²) in [6.07, 6.45) is 6.44. The van der Waals surface area contributed by atoms with Gasteiger partial charge in [-0.25, -0.2) is 0 Å². The quantitative estimate of drug-likeness (QED) is 0.134. The molecule has 1 amide bonds. The molecule has 0 unspecified atom stereocenters. The average Bonchev–Trinajstić information content (AvgIpc) is 3.18. The summed E-state index contributed by atoms with van der Waals surface area (Å²) < 4.78 is 5.12. The fourth-order valence-corrected chi connectivity index (χ4v) is 8.43. The summed E-state index contributed by atoms with van der Waals surface area (Å²) in [5.74, 6) is -1.57. The van der Waals surface area contributed by atoms with Crippen molar-refractivity contribution in [2.45, 2.75) is 96.2 Å². The summed E-state index contributed by atoms with van der Waals surface area (Å²) in [4.78, 5) is 63.9. The zero-order valence-corrected chi connectivity index (χ0v) is 23.9. The van der Waals surface area contributed by atoms with Gasteiger partial charge in [-0.15, -0.1) is 10.1 Å². The van der Waals surface area contributed by atoms with Gasteiger partial charge < -0.3 is 25.1 Å². The number of nitrogens with zero attached hydrogens (tertiary/aromatic N) is 1. The van der Waals surface area contributed by atoms with Crippen LogP contribution >= 0.6 is 0 Å². The van der Waals surface area contributed by atoms with Crippen molar-refractivity contribution in [2.75, 3.05) is 19.8 Å². The predicted molar refractivity (Wildman–Crippen MR) is 143 cm³/mol. The number of aliphatic hydroxyl groups excluding tert-OH is 1. The highest BCUT2D eigenvalue weighted by Crippen LogP contribution is 2.67. The first-order valence-corrected chi connectivity index (χ1v) is 14.7. The molecule has 0 saturated heterocycles. The first kappa shape index (κ1) is 31.1. The van der Waals surface area contributed by atoms with Gasteiger partial charge in [0, 0.05) is 18.3 Å². The van der Waals surface area contributed by atoms with Crippen LogP contribution < -0.4 is 5.32 Å². The minimum absolute atomic E-state index is 0.0157. The molecule has 4 rings (SSSR count). The average molecular weight is 579 g/mol. The molecule has 41 heavy (non-hydrogen) atoms. The van der Waals surface area contributed by atoms with Gasteiger partial charge in [0.25, 0.3) is 5.09 Å². The van der Waals surface area contributed by atoms with Gasteiger partial charge in [0.05, 0.1) is 12.7 Å². The van der Waals surface area contributed by atoms with E-state index in [9.17, 15) is 39.5 Å². The van der Waals surface area contributed by atoms with Gasteiger partial charge in [0.2, 0.25) is 11.7 Å². The van der Waals surface area contributed by atoms with Crippen LogP contribution in [0, 0.1) is 38.7 Å². The number of carbonyl (C=O) groups is 4. The van der Waals surface area contributed by atoms with E-state index < -0.39 is 47.1 Å². The van der Waals surface area contributed by atoms with Gasteiger partial charge >= 0.3 is 5.97 Å². The minimum atomic E-state index is -1.74. The third-order valence-electron chi connectivity index (χ3n) is 10.5. The second-order valence-electron chi connectivity index (χ2n) is 12.7. The van der Waals surface area contributed by atoms with Crippen LogP contribution in [0.25, 0.3) is 0 Å². The smallest absolute Gasteiger partial charge is 0.325 e. The monoisotopic (exact) mass is 578 g/mol. The number of fused-ring (bicyclic) bond motifs is 5. The van der Waals surface area contributed by atoms with E-state index in [1.165, 1.54) is 0 Å². The van der Waals surface area contributed by atoms with Gasteiger partial charge in [-0.05, 0) is 80.6 Å². The van der Waals surface area contributed by atoms with Crippen LogP contribution in [0.5, 0.6) is 0 Å². The molecule has 0 aromatic heterocycles. The lowest BCUT2D eigenvalue weighted by atomic mass is 9.45. The molecule has 228 valence electrons. The number of hydrogen-bond acceptors (Lipinski definition) is 10. The van der Waals surface area contributed by atoms with Crippen molar-refractivity contribution in [3.8, 4) is 0 Å². The Labute approximate surface area is 239 Å². The highest BCUT2D eigenvalue weighted by atomic mass is 16.9. The van der Waals surface area contributed by atoms with Gasteiger partial charge in [-0.1, -0.05) is 25.8 Å². The fraction of sp³-hybridized carbons (Fsp3) is 0.793. The number of carbonyl (C=O) groups excluding carboxylic acids is 4. The maximum absolute atomic E-state index is 13.3. The van der Waals surface area contributed by atoms with Crippen molar-refractivity contribution < 1.29 is 44.1 Å². The molecule has 0 aromatic carbocycles. The molecular weight excluding hydrogens is 536 g/mol. The minimum Gasteiger partial charge on any atom is -0.456 e. The fourth-order valence-electron chi connectivity index (χ4n) is 8.43. The molecule has 12 nitrogen and oxygen atoms in total. The standard InChI is InChI=1S/C29H42N2O10/c1-27-11-9-19(32)14-18(27)7-8-20-21-10-12-29(37,28(21,2)15-22(33)26(20)27)23(34)17-40-25(36)16-30-24(35)6-4-3-5-13-41-31(38)39/h14,20-22,26,33,37H,3-13,15-17H2,1-2H3,(H,30,35)/t20-,21-,22-,26+,27-,28-,29-/m0/s1. The molecule has 12 heteroatoms. The van der Waals surface area contributed by atoms with Crippen LogP contribution in [0.2, 0.25) is 0 Å². The Morgan fingerprint density at radius 1 is 1.15 bits per heavy atom. The summed E-state index contributed by atoms with van der Waals surface area (Å²) in [5.41, 5.74) is -1.78. The maximum atomic E-state index is 13.3. The van der Waals surface area contributed by atoms with Gasteiger partial charge in [-0.3, -0.25) is 19.2 Å². The number of Topliss-reactive ketones (excluding diaryl/α,β-unsaturated/α-hetero) is 1. The molecule has 0 radical (unpaired) electrons. The van der Waals surface area contributed by atoms with E-state index in [0.717, 1.165) is 18.4 Å². The van der Waals surface area contributed by atoms with Crippen LogP contribution in [-0.4, -0.2) is 70.2 Å². The highest BCUT2D eigenvalue weighted by Gasteiger charge is 2.68. The molecule has 3 N–H and O–H groups in total. The van der Waals surface area contributed by atoms with Crippen molar-refractivity contribution in [2.24, 2.45) is 28.6 Å². The van der Waals surface area contributed by atoms with Gasteiger partial charge in [0.1, 0.15) is 12.1 Å². The normalized spacial score (nSPS) is 35.8. The number of esters is 1. The highest BCUT2D eigenvalue weighted by molar-refractivity contribution is 5.92. The number of amides is 1. The zero-order valence-electron chi connectivity index (χ0n) is 23.9. The second-order valence-corrected chi connectivity index (χ2v) is 12.7. The predicted octanol–water partition coefficient (Wildman–Crippen LogP) is 2.22. The summed E-state index contributed by atoms with van der Waals surface area (Å²) in [5, 5.41) is 34.9. The number of ketones is 2. The first-order valence-electron chi connectivity index (χ1n) is 14.7. The van der Waals surface area contributed by atoms with Crippen molar-refractivity contribution in [1.82, 2.24) is 5.32 Å². The van der Waals surface area contributed by atoms with E-state index >= 15 is 0 Å². The van der Waals surface area contributed by atoms with E-state index in [1.54, 1.807) is 6.08 Å². The maximum Gasteiger partial charge on any atom is 0.325 e. The molecule has 0 aromatic rings. The van der Waals surface area contributed by atoms with Crippen LogP contribution in [0.3, 0.4) is 0 Å². The molecule has 7 atom stereocenters. The van der Waals surface area contributed by atoms with Crippen molar-refractivity contribution in [1.29, 1.82) is 0 Å². The Hall–Kier alpha value is -2.86. The van der Waals surface area contributed by atoms with E-state index in [0.29, 0.717) is 38.5 Å². The molecule has 3 fully saturated rings. The lowest BCUT2D eigenvalue weighted by Gasteiger charge is -2.60. The summed E-state index contributed by atoms with van der Waals surface area (Å²) in [6.45, 7) is 2.93. The van der Waals surface area contributed by atoms with E-state index in [1.807, 2.05) is 6.92 Å². The Bertz CT molecular complexity index is 1110. The SMILES string of the molecule is C[C@]12CCC(=O)C=C1CC[C@@H]1[C@@H]2[C@@H](O)C[C@@]2(C)[C@H]1CC[C@]2(O)C(=O)COC(=O)CNC(=O)CCCCCO[N+](=O)[O-]. The van der Waals surface area contributed by atoms with E-state index in [-0.39, 0.29) is 60.7 Å². The Kier molecular flexibility index (Phi) is 9.22. The largest absolute Gasteiger partial charge is 0.456 e. The number of rotatable bonds is 12. The van der Waals surface area contributed by atoms with E-state index in [2.05, 4.69) is 17.1 Å². The number of nitrogens with one attached hydrogen (secondary N) is 1.